The lowest BCUT2D eigenvalue weighted by Gasteiger charge is -2.34. The fourth-order valence-corrected chi connectivity index (χ4v) is 4.37. The molecule has 2 aliphatic rings. The molecule has 7 nitrogen and oxygen atoms in total. The van der Waals surface area contributed by atoms with Crippen LogP contribution in [0, 0.1) is 0 Å². The summed E-state index contributed by atoms with van der Waals surface area (Å²) in [4.78, 5) is 31.8. The second kappa shape index (κ2) is 9.74. The number of carbonyl (C=O) groups is 2. The SMILES string of the molecule is CCOC(=O)C1=C(C)N=C2SC=CN2C1c1ccccc1OCC(=O)Nc1ccccc1. The van der Waals surface area contributed by atoms with Crippen molar-refractivity contribution in [3.05, 3.63) is 83.0 Å². The Balaban J connectivity index is 1.61. The van der Waals surface area contributed by atoms with Crippen LogP contribution in [-0.2, 0) is 14.3 Å². The number of allylic oxidation sites excluding steroid dienone is 1. The number of nitrogens with one attached hydrogen (secondary N) is 1. The fraction of sp³-hybridized carbons (Fsp3) is 0.208. The highest BCUT2D eigenvalue weighted by Crippen LogP contribution is 2.43. The Kier molecular flexibility index (Phi) is 6.61. The van der Waals surface area contributed by atoms with E-state index >= 15 is 0 Å². The number of fused-ring (bicyclic) bond motifs is 1. The van der Waals surface area contributed by atoms with Gasteiger partial charge in [0.1, 0.15) is 5.75 Å². The van der Waals surface area contributed by atoms with E-state index in [0.29, 0.717) is 22.7 Å². The number of anilines is 1. The molecule has 8 heteroatoms. The van der Waals surface area contributed by atoms with Gasteiger partial charge in [-0.3, -0.25) is 4.79 Å². The lowest BCUT2D eigenvalue weighted by Crippen LogP contribution is -2.34. The van der Waals surface area contributed by atoms with E-state index in [1.54, 1.807) is 19.9 Å². The van der Waals surface area contributed by atoms with E-state index in [4.69, 9.17) is 9.47 Å². The quantitative estimate of drug-likeness (QED) is 0.628. The van der Waals surface area contributed by atoms with Crippen LogP contribution in [0.25, 0.3) is 0 Å². The molecule has 0 spiro atoms. The van der Waals surface area contributed by atoms with Crippen LogP contribution in [0.15, 0.2) is 82.5 Å². The molecule has 2 aromatic carbocycles. The summed E-state index contributed by atoms with van der Waals surface area (Å²) in [7, 11) is 0. The molecule has 4 rings (SSSR count). The topological polar surface area (TPSA) is 80.2 Å². The van der Waals surface area contributed by atoms with Crippen molar-refractivity contribution in [1.29, 1.82) is 0 Å². The number of esters is 1. The molecule has 164 valence electrons. The third-order valence-corrected chi connectivity index (χ3v) is 5.72. The Morgan fingerprint density at radius 3 is 2.66 bits per heavy atom. The zero-order valence-corrected chi connectivity index (χ0v) is 18.6. The maximum Gasteiger partial charge on any atom is 0.338 e. The van der Waals surface area contributed by atoms with Gasteiger partial charge in [-0.2, -0.15) is 0 Å². The Morgan fingerprint density at radius 2 is 1.88 bits per heavy atom. The number of carbonyl (C=O) groups excluding carboxylic acids is 2. The molecule has 32 heavy (non-hydrogen) atoms. The number of hydrogen-bond donors (Lipinski definition) is 1. The average molecular weight is 450 g/mol. The smallest absolute Gasteiger partial charge is 0.338 e. The van der Waals surface area contributed by atoms with Crippen molar-refractivity contribution >= 4 is 34.5 Å². The van der Waals surface area contributed by atoms with Crippen molar-refractivity contribution in [3.8, 4) is 5.75 Å². The van der Waals surface area contributed by atoms with Crippen molar-refractivity contribution < 1.29 is 19.1 Å². The van der Waals surface area contributed by atoms with Gasteiger partial charge in [-0.15, -0.1) is 0 Å². The molecule has 1 N–H and O–H groups in total. The van der Waals surface area contributed by atoms with Gasteiger partial charge < -0.3 is 19.7 Å². The molecule has 0 aliphatic carbocycles. The highest BCUT2D eigenvalue weighted by atomic mass is 32.2. The number of ether oxygens (including phenoxy) is 2. The normalized spacial score (nSPS) is 17.0. The highest BCUT2D eigenvalue weighted by molar-refractivity contribution is 8.16. The van der Waals surface area contributed by atoms with Gasteiger partial charge in [-0.05, 0) is 37.5 Å². The standard InChI is InChI=1S/C24H23N3O4S/c1-3-30-23(29)21-16(2)25-24-27(13-14-32-24)22(21)18-11-7-8-12-19(18)31-15-20(28)26-17-9-5-4-6-10-17/h4-14,22H,3,15H2,1-2H3,(H,26,28). The van der Waals surface area contributed by atoms with Crippen LogP contribution in [-0.4, -0.2) is 35.2 Å². The largest absolute Gasteiger partial charge is 0.483 e. The maximum absolute atomic E-state index is 12.8. The van der Waals surface area contributed by atoms with Crippen LogP contribution >= 0.6 is 11.8 Å². The highest BCUT2D eigenvalue weighted by Gasteiger charge is 2.38. The molecule has 2 aliphatic heterocycles. The second-order valence-electron chi connectivity index (χ2n) is 7.07. The zero-order chi connectivity index (χ0) is 22.5. The molecule has 1 unspecified atom stereocenters. The third-order valence-electron chi connectivity index (χ3n) is 4.95. The summed E-state index contributed by atoms with van der Waals surface area (Å²) in [5.74, 6) is -0.174. The molecule has 1 amide bonds. The van der Waals surface area contributed by atoms with Gasteiger partial charge in [0.2, 0.25) is 0 Å². The summed E-state index contributed by atoms with van der Waals surface area (Å²) < 4.78 is 11.2. The fourth-order valence-electron chi connectivity index (χ4n) is 3.58. The third kappa shape index (κ3) is 4.55. The number of rotatable bonds is 7. The summed E-state index contributed by atoms with van der Waals surface area (Å²) in [5, 5.41) is 5.50. The number of amides is 1. The predicted molar refractivity (Wildman–Crippen MR) is 125 cm³/mol. The first-order valence-corrected chi connectivity index (χ1v) is 11.1. The van der Waals surface area contributed by atoms with Crippen LogP contribution in [0.3, 0.4) is 0 Å². The lowest BCUT2D eigenvalue weighted by molar-refractivity contribution is -0.139. The summed E-state index contributed by atoms with van der Waals surface area (Å²) in [6, 6.07) is 16.1. The minimum absolute atomic E-state index is 0.165. The number of aliphatic imine (C=N–C) groups is 1. The van der Waals surface area contributed by atoms with Crippen molar-refractivity contribution in [2.45, 2.75) is 19.9 Å². The number of hydrogen-bond acceptors (Lipinski definition) is 7. The molecule has 0 fully saturated rings. The lowest BCUT2D eigenvalue weighted by atomic mass is 9.94. The molecule has 2 heterocycles. The van der Waals surface area contributed by atoms with Crippen molar-refractivity contribution in [2.75, 3.05) is 18.5 Å². The monoisotopic (exact) mass is 449 g/mol. The van der Waals surface area contributed by atoms with Crippen LogP contribution in [0.1, 0.15) is 25.5 Å². The summed E-state index contributed by atoms with van der Waals surface area (Å²) in [6.07, 6.45) is 1.89. The van der Waals surface area contributed by atoms with E-state index in [-0.39, 0.29) is 19.1 Å². The van der Waals surface area contributed by atoms with Crippen molar-refractivity contribution in [3.63, 3.8) is 0 Å². The summed E-state index contributed by atoms with van der Waals surface area (Å²) >= 11 is 1.49. The minimum atomic E-state index is -0.471. The van der Waals surface area contributed by atoms with E-state index in [1.165, 1.54) is 11.8 Å². The van der Waals surface area contributed by atoms with Crippen LogP contribution in [0.4, 0.5) is 5.69 Å². The molecule has 0 saturated heterocycles. The van der Waals surface area contributed by atoms with Gasteiger partial charge in [-0.1, -0.05) is 48.2 Å². The molecule has 0 aromatic heterocycles. The van der Waals surface area contributed by atoms with Gasteiger partial charge in [-0.25, -0.2) is 9.79 Å². The summed E-state index contributed by atoms with van der Waals surface area (Å²) in [5.41, 5.74) is 2.51. The Hall–Kier alpha value is -3.52. The Bertz CT molecular complexity index is 1110. The van der Waals surface area contributed by atoms with E-state index in [1.807, 2.05) is 65.0 Å². The molecular weight excluding hydrogens is 426 g/mol. The Morgan fingerprint density at radius 1 is 1.12 bits per heavy atom. The van der Waals surface area contributed by atoms with Crippen molar-refractivity contribution in [2.24, 2.45) is 4.99 Å². The number of benzene rings is 2. The maximum atomic E-state index is 12.8. The van der Waals surface area contributed by atoms with Gasteiger partial charge in [0.05, 0.1) is 23.9 Å². The molecule has 0 bridgehead atoms. The molecule has 2 aromatic rings. The number of thioether (sulfide) groups is 1. The minimum Gasteiger partial charge on any atom is -0.483 e. The van der Waals surface area contributed by atoms with Gasteiger partial charge >= 0.3 is 5.97 Å². The number of amidine groups is 1. The Labute approximate surface area is 190 Å². The van der Waals surface area contributed by atoms with Crippen LogP contribution in [0.5, 0.6) is 5.75 Å². The second-order valence-corrected chi connectivity index (χ2v) is 7.94. The van der Waals surface area contributed by atoms with E-state index < -0.39 is 12.0 Å². The zero-order valence-electron chi connectivity index (χ0n) is 17.8. The summed E-state index contributed by atoms with van der Waals surface area (Å²) in [6.45, 7) is 3.68. The first kappa shape index (κ1) is 21.7. The van der Waals surface area contributed by atoms with Crippen molar-refractivity contribution in [1.82, 2.24) is 4.90 Å². The molecular formula is C24H23N3O4S. The van der Waals surface area contributed by atoms with E-state index in [0.717, 1.165) is 10.7 Å². The van der Waals surface area contributed by atoms with E-state index in [2.05, 4.69) is 10.3 Å². The van der Waals surface area contributed by atoms with Gasteiger partial charge in [0.25, 0.3) is 5.91 Å². The average Bonchev–Trinajstić information content (AvgIpc) is 3.26. The molecule has 0 saturated carbocycles. The number of para-hydroxylation sites is 2. The predicted octanol–water partition coefficient (Wildman–Crippen LogP) is 4.47. The molecule has 1 atom stereocenters. The first-order valence-electron chi connectivity index (χ1n) is 10.2. The van der Waals surface area contributed by atoms with Crippen LogP contribution < -0.4 is 10.1 Å². The van der Waals surface area contributed by atoms with Crippen LogP contribution in [0.2, 0.25) is 0 Å². The molecule has 0 radical (unpaired) electrons. The van der Waals surface area contributed by atoms with Gasteiger partial charge in [0.15, 0.2) is 11.8 Å². The number of nitrogens with zero attached hydrogens (tertiary/aromatic N) is 2. The first-order chi connectivity index (χ1) is 15.6. The van der Waals surface area contributed by atoms with Gasteiger partial charge in [0, 0.05) is 17.5 Å². The van der Waals surface area contributed by atoms with E-state index in [9.17, 15) is 9.59 Å².